The van der Waals surface area contributed by atoms with Crippen LogP contribution >= 0.6 is 11.6 Å². The Morgan fingerprint density at radius 3 is 2.67 bits per heavy atom. The number of aliphatic hydroxyl groups is 1. The molecule has 0 aliphatic carbocycles. The van der Waals surface area contributed by atoms with Crippen LogP contribution in [0.3, 0.4) is 0 Å². The van der Waals surface area contributed by atoms with Crippen molar-refractivity contribution in [1.29, 1.82) is 0 Å². The van der Waals surface area contributed by atoms with Crippen LogP contribution in [-0.4, -0.2) is 55.9 Å². The van der Waals surface area contributed by atoms with Crippen molar-refractivity contribution in [2.24, 2.45) is 0 Å². The summed E-state index contributed by atoms with van der Waals surface area (Å²) >= 11 is 5.55. The Kier molecular flexibility index (Phi) is 3.44. The molecule has 1 aromatic rings. The highest BCUT2D eigenvalue weighted by atomic mass is 35.5. The molecular formula is C10H10ClN3O4. The zero-order valence-corrected chi connectivity index (χ0v) is 9.91. The molecule has 2 heterocycles. The summed E-state index contributed by atoms with van der Waals surface area (Å²) in [5.74, 6) is -1.73. The second-order valence-corrected chi connectivity index (χ2v) is 4.33. The molecule has 0 aromatic carbocycles. The van der Waals surface area contributed by atoms with Gasteiger partial charge in [-0.15, -0.1) is 10.2 Å². The molecule has 0 radical (unpaired) electrons. The molecule has 18 heavy (non-hydrogen) atoms. The third-order valence-electron chi connectivity index (χ3n) is 2.68. The number of carbonyl (C=O) groups excluding carboxylic acids is 1. The minimum absolute atomic E-state index is 0.000231. The Hall–Kier alpha value is -1.73. The largest absolute Gasteiger partial charge is 0.480 e. The van der Waals surface area contributed by atoms with Crippen molar-refractivity contribution in [3.05, 3.63) is 23.0 Å². The Balaban J connectivity index is 2.22. The average Bonchev–Trinajstić information content (AvgIpc) is 2.71. The van der Waals surface area contributed by atoms with Crippen LogP contribution in [-0.2, 0) is 4.79 Å². The summed E-state index contributed by atoms with van der Waals surface area (Å²) < 4.78 is 0. The Bertz CT molecular complexity index is 479. The molecule has 0 saturated carbocycles. The number of hydrogen-bond donors (Lipinski definition) is 2. The van der Waals surface area contributed by atoms with Gasteiger partial charge in [0.1, 0.15) is 6.04 Å². The molecule has 1 aliphatic rings. The number of halogens is 1. The molecule has 2 atom stereocenters. The number of aromatic nitrogens is 2. The van der Waals surface area contributed by atoms with E-state index in [1.54, 1.807) is 0 Å². The maximum absolute atomic E-state index is 12.0. The smallest absolute Gasteiger partial charge is 0.326 e. The minimum Gasteiger partial charge on any atom is -0.480 e. The van der Waals surface area contributed by atoms with Gasteiger partial charge in [0.15, 0.2) is 10.8 Å². The number of β-amino-alcohol motifs (C(OH)–C–C–N with tert-alkyl or cyclic N) is 1. The van der Waals surface area contributed by atoms with Crippen molar-refractivity contribution < 1.29 is 19.8 Å². The molecule has 1 fully saturated rings. The number of hydrogen-bond acceptors (Lipinski definition) is 5. The zero-order valence-electron chi connectivity index (χ0n) is 9.15. The SMILES string of the molecule is O=C(O)C1CC(O)CN1C(=O)c1ccc(Cl)nn1. The fourth-order valence-corrected chi connectivity index (χ4v) is 1.95. The first-order valence-corrected chi connectivity index (χ1v) is 5.58. The van der Waals surface area contributed by atoms with Gasteiger partial charge in [0.05, 0.1) is 6.10 Å². The molecule has 8 heteroatoms. The first-order chi connectivity index (χ1) is 8.49. The van der Waals surface area contributed by atoms with E-state index >= 15 is 0 Å². The summed E-state index contributed by atoms with van der Waals surface area (Å²) in [5.41, 5.74) is -0.000231. The van der Waals surface area contributed by atoms with Gasteiger partial charge < -0.3 is 15.1 Å². The highest BCUT2D eigenvalue weighted by Crippen LogP contribution is 2.20. The fourth-order valence-electron chi connectivity index (χ4n) is 1.85. The maximum Gasteiger partial charge on any atom is 0.326 e. The van der Waals surface area contributed by atoms with Crippen molar-refractivity contribution in [1.82, 2.24) is 15.1 Å². The zero-order chi connectivity index (χ0) is 13.3. The Morgan fingerprint density at radius 2 is 2.11 bits per heavy atom. The molecule has 7 nitrogen and oxygen atoms in total. The number of aliphatic carboxylic acids is 1. The number of carboxylic acids is 1. The first-order valence-electron chi connectivity index (χ1n) is 5.20. The summed E-state index contributed by atoms with van der Waals surface area (Å²) in [6, 6.07) is 1.72. The van der Waals surface area contributed by atoms with Crippen LogP contribution in [0, 0.1) is 0 Å². The molecule has 1 amide bonds. The number of carboxylic acid groups (broad SMARTS) is 1. The number of aliphatic hydroxyl groups excluding tert-OH is 1. The monoisotopic (exact) mass is 271 g/mol. The Morgan fingerprint density at radius 1 is 1.39 bits per heavy atom. The summed E-state index contributed by atoms with van der Waals surface area (Å²) in [6.45, 7) is -0.0277. The highest BCUT2D eigenvalue weighted by Gasteiger charge is 2.39. The Labute approximate surface area is 107 Å². The number of rotatable bonds is 2. The van der Waals surface area contributed by atoms with Gasteiger partial charge in [0.25, 0.3) is 5.91 Å². The van der Waals surface area contributed by atoms with Crippen LogP contribution in [0.5, 0.6) is 0 Å². The van der Waals surface area contributed by atoms with Crippen LogP contribution in [0.1, 0.15) is 16.9 Å². The molecule has 1 aliphatic heterocycles. The van der Waals surface area contributed by atoms with Gasteiger partial charge >= 0.3 is 5.97 Å². The molecule has 2 rings (SSSR count). The van der Waals surface area contributed by atoms with Crippen molar-refractivity contribution in [3.63, 3.8) is 0 Å². The lowest BCUT2D eigenvalue weighted by Crippen LogP contribution is -2.41. The lowest BCUT2D eigenvalue weighted by molar-refractivity contribution is -0.141. The van der Waals surface area contributed by atoms with Crippen molar-refractivity contribution in [2.45, 2.75) is 18.6 Å². The number of carbonyl (C=O) groups is 2. The van der Waals surface area contributed by atoms with E-state index in [0.29, 0.717) is 0 Å². The van der Waals surface area contributed by atoms with Gasteiger partial charge in [0.2, 0.25) is 0 Å². The van der Waals surface area contributed by atoms with E-state index in [1.807, 2.05) is 0 Å². The molecule has 0 spiro atoms. The highest BCUT2D eigenvalue weighted by molar-refractivity contribution is 6.29. The predicted molar refractivity (Wildman–Crippen MR) is 60.1 cm³/mol. The maximum atomic E-state index is 12.0. The predicted octanol–water partition coefficient (Wildman–Crippen LogP) is -0.210. The van der Waals surface area contributed by atoms with Crippen molar-refractivity contribution >= 4 is 23.5 Å². The average molecular weight is 272 g/mol. The second kappa shape index (κ2) is 4.87. The molecule has 1 saturated heterocycles. The summed E-state index contributed by atoms with van der Waals surface area (Å²) in [5, 5.41) is 25.7. The number of amides is 1. The van der Waals surface area contributed by atoms with Crippen molar-refractivity contribution in [2.75, 3.05) is 6.54 Å². The molecule has 2 N–H and O–H groups in total. The number of nitrogens with zero attached hydrogens (tertiary/aromatic N) is 3. The van der Waals surface area contributed by atoms with E-state index in [-0.39, 0.29) is 23.8 Å². The van der Waals surface area contributed by atoms with Crippen LogP contribution in [0.15, 0.2) is 12.1 Å². The van der Waals surface area contributed by atoms with E-state index in [2.05, 4.69) is 10.2 Å². The topological polar surface area (TPSA) is 104 Å². The van der Waals surface area contributed by atoms with Crippen LogP contribution in [0.25, 0.3) is 0 Å². The van der Waals surface area contributed by atoms with E-state index in [0.717, 1.165) is 4.90 Å². The van der Waals surface area contributed by atoms with Crippen LogP contribution in [0.4, 0.5) is 0 Å². The molecule has 96 valence electrons. The summed E-state index contributed by atoms with van der Waals surface area (Å²) in [4.78, 5) is 24.1. The van der Waals surface area contributed by atoms with E-state index < -0.39 is 24.0 Å². The lowest BCUT2D eigenvalue weighted by atomic mass is 10.2. The third-order valence-corrected chi connectivity index (χ3v) is 2.88. The quantitative estimate of drug-likeness (QED) is 0.771. The van der Waals surface area contributed by atoms with E-state index in [1.165, 1.54) is 12.1 Å². The molecule has 2 unspecified atom stereocenters. The van der Waals surface area contributed by atoms with Crippen LogP contribution < -0.4 is 0 Å². The van der Waals surface area contributed by atoms with E-state index in [9.17, 15) is 14.7 Å². The first kappa shape index (κ1) is 12.7. The summed E-state index contributed by atoms with van der Waals surface area (Å²) in [7, 11) is 0. The number of likely N-dealkylation sites (tertiary alicyclic amines) is 1. The lowest BCUT2D eigenvalue weighted by Gasteiger charge is -2.20. The third kappa shape index (κ3) is 2.41. The minimum atomic E-state index is -1.15. The molecule has 1 aromatic heterocycles. The van der Waals surface area contributed by atoms with Gasteiger partial charge in [-0.05, 0) is 12.1 Å². The van der Waals surface area contributed by atoms with E-state index in [4.69, 9.17) is 16.7 Å². The van der Waals surface area contributed by atoms with Gasteiger partial charge in [-0.3, -0.25) is 4.79 Å². The second-order valence-electron chi connectivity index (χ2n) is 3.94. The van der Waals surface area contributed by atoms with Crippen LogP contribution in [0.2, 0.25) is 5.15 Å². The van der Waals surface area contributed by atoms with Gasteiger partial charge in [-0.25, -0.2) is 4.79 Å². The molecule has 0 bridgehead atoms. The standard InChI is InChI=1S/C10H10ClN3O4/c11-8-2-1-6(12-13-8)9(16)14-4-5(15)3-7(14)10(17)18/h1-2,5,7,15H,3-4H2,(H,17,18). The summed E-state index contributed by atoms with van der Waals surface area (Å²) in [6.07, 6.45) is -0.822. The molecular weight excluding hydrogens is 262 g/mol. The van der Waals surface area contributed by atoms with Crippen molar-refractivity contribution in [3.8, 4) is 0 Å². The van der Waals surface area contributed by atoms with Gasteiger partial charge in [-0.2, -0.15) is 0 Å². The van der Waals surface area contributed by atoms with Gasteiger partial charge in [-0.1, -0.05) is 11.6 Å². The fraction of sp³-hybridized carbons (Fsp3) is 0.400. The van der Waals surface area contributed by atoms with Gasteiger partial charge in [0, 0.05) is 13.0 Å². The normalized spacial score (nSPS) is 23.1.